The zero-order valence-corrected chi connectivity index (χ0v) is 13.5. The minimum absolute atomic E-state index is 0.352. The lowest BCUT2D eigenvalue weighted by Gasteiger charge is -2.39. The summed E-state index contributed by atoms with van der Waals surface area (Å²) in [5.41, 5.74) is 10.3. The van der Waals surface area contributed by atoms with Gasteiger partial charge in [-0.15, -0.1) is 0 Å². The molecule has 1 aromatic carbocycles. The molecule has 20 heavy (non-hydrogen) atoms. The van der Waals surface area contributed by atoms with Crippen molar-refractivity contribution in [2.75, 3.05) is 13.6 Å². The van der Waals surface area contributed by atoms with Crippen LogP contribution in [0, 0.1) is 19.8 Å². The summed E-state index contributed by atoms with van der Waals surface area (Å²) in [6.07, 6.45) is 5.39. The number of nitrogens with two attached hydrogens (primary N) is 1. The first-order valence-electron chi connectivity index (χ1n) is 8.02. The molecule has 0 heterocycles. The van der Waals surface area contributed by atoms with Crippen LogP contribution in [0.2, 0.25) is 0 Å². The lowest BCUT2D eigenvalue weighted by Crippen LogP contribution is -2.41. The third-order valence-electron chi connectivity index (χ3n) is 5.21. The second kappa shape index (κ2) is 6.73. The molecule has 2 nitrogen and oxygen atoms in total. The molecule has 2 rings (SSSR count). The van der Waals surface area contributed by atoms with E-state index in [1.165, 1.54) is 42.4 Å². The molecule has 0 spiro atoms. The van der Waals surface area contributed by atoms with E-state index in [2.05, 4.69) is 50.9 Å². The van der Waals surface area contributed by atoms with Crippen LogP contribution in [0.5, 0.6) is 0 Å². The maximum atomic E-state index is 6.12. The van der Waals surface area contributed by atoms with Gasteiger partial charge in [0, 0.05) is 18.6 Å². The third-order valence-corrected chi connectivity index (χ3v) is 5.21. The van der Waals surface area contributed by atoms with Gasteiger partial charge in [-0.1, -0.05) is 38.0 Å². The Morgan fingerprint density at radius 3 is 2.70 bits per heavy atom. The standard InChI is InChI=1S/C18H30N2/c1-13-7-5-9-16(11-13)20(4)18(12-19)17-10-6-8-14(2)15(17)3/h6,8,10,13,16,18H,5,7,9,11-12,19H2,1-4H3. The minimum Gasteiger partial charge on any atom is -0.329 e. The van der Waals surface area contributed by atoms with Crippen LogP contribution < -0.4 is 5.73 Å². The number of hydrogen-bond donors (Lipinski definition) is 1. The van der Waals surface area contributed by atoms with E-state index in [1.807, 2.05) is 0 Å². The van der Waals surface area contributed by atoms with E-state index in [0.717, 1.165) is 5.92 Å². The van der Waals surface area contributed by atoms with Gasteiger partial charge in [0.25, 0.3) is 0 Å². The first-order valence-corrected chi connectivity index (χ1v) is 8.02. The minimum atomic E-state index is 0.352. The van der Waals surface area contributed by atoms with Gasteiger partial charge in [-0.25, -0.2) is 0 Å². The van der Waals surface area contributed by atoms with Gasteiger partial charge >= 0.3 is 0 Å². The van der Waals surface area contributed by atoms with Crippen LogP contribution in [0.3, 0.4) is 0 Å². The molecular weight excluding hydrogens is 244 g/mol. The molecule has 1 aliphatic rings. The zero-order valence-electron chi connectivity index (χ0n) is 13.5. The lowest BCUT2D eigenvalue weighted by atomic mass is 9.85. The molecule has 0 aromatic heterocycles. The highest BCUT2D eigenvalue weighted by Crippen LogP contribution is 2.32. The highest BCUT2D eigenvalue weighted by molar-refractivity contribution is 5.35. The van der Waals surface area contributed by atoms with Crippen LogP contribution in [-0.4, -0.2) is 24.5 Å². The predicted molar refractivity (Wildman–Crippen MR) is 86.9 cm³/mol. The van der Waals surface area contributed by atoms with Gasteiger partial charge in [0.15, 0.2) is 0 Å². The average molecular weight is 274 g/mol. The molecule has 0 bridgehead atoms. The van der Waals surface area contributed by atoms with Crippen molar-refractivity contribution >= 4 is 0 Å². The van der Waals surface area contributed by atoms with Gasteiger partial charge in [0.05, 0.1) is 0 Å². The van der Waals surface area contributed by atoms with E-state index in [4.69, 9.17) is 5.73 Å². The van der Waals surface area contributed by atoms with Crippen molar-refractivity contribution in [2.45, 2.75) is 58.5 Å². The molecule has 3 atom stereocenters. The lowest BCUT2D eigenvalue weighted by molar-refractivity contribution is 0.121. The Kier molecular flexibility index (Phi) is 5.22. The summed E-state index contributed by atoms with van der Waals surface area (Å²) in [7, 11) is 2.27. The predicted octanol–water partition coefficient (Wildman–Crippen LogP) is 3.81. The molecule has 1 aliphatic carbocycles. The average Bonchev–Trinajstić information content (AvgIpc) is 2.44. The fourth-order valence-corrected chi connectivity index (χ4v) is 3.67. The van der Waals surface area contributed by atoms with Gasteiger partial charge in [-0.2, -0.15) is 0 Å². The molecule has 0 radical (unpaired) electrons. The quantitative estimate of drug-likeness (QED) is 0.904. The Morgan fingerprint density at radius 1 is 1.30 bits per heavy atom. The molecule has 1 saturated carbocycles. The van der Waals surface area contributed by atoms with Crippen LogP contribution in [0.1, 0.15) is 55.3 Å². The maximum absolute atomic E-state index is 6.12. The Hall–Kier alpha value is -0.860. The van der Waals surface area contributed by atoms with Crippen molar-refractivity contribution in [3.05, 3.63) is 34.9 Å². The van der Waals surface area contributed by atoms with E-state index >= 15 is 0 Å². The first kappa shape index (κ1) is 15.5. The first-order chi connectivity index (χ1) is 9.54. The Balaban J connectivity index is 2.20. The summed E-state index contributed by atoms with van der Waals surface area (Å²) < 4.78 is 0. The largest absolute Gasteiger partial charge is 0.329 e. The number of nitrogens with zero attached hydrogens (tertiary/aromatic N) is 1. The Morgan fingerprint density at radius 2 is 2.05 bits per heavy atom. The summed E-state index contributed by atoms with van der Waals surface area (Å²) in [4.78, 5) is 2.54. The fourth-order valence-electron chi connectivity index (χ4n) is 3.67. The highest BCUT2D eigenvalue weighted by Gasteiger charge is 2.28. The maximum Gasteiger partial charge on any atom is 0.0473 e. The van der Waals surface area contributed by atoms with Gasteiger partial charge in [-0.05, 0) is 56.3 Å². The molecule has 1 aromatic rings. The van der Waals surface area contributed by atoms with Crippen molar-refractivity contribution in [3.63, 3.8) is 0 Å². The van der Waals surface area contributed by atoms with Gasteiger partial charge in [-0.3, -0.25) is 4.90 Å². The molecule has 0 amide bonds. The number of rotatable bonds is 4. The highest BCUT2D eigenvalue weighted by atomic mass is 15.2. The summed E-state index contributed by atoms with van der Waals surface area (Å²) >= 11 is 0. The van der Waals surface area contributed by atoms with Crippen LogP contribution >= 0.6 is 0 Å². The van der Waals surface area contributed by atoms with E-state index in [0.29, 0.717) is 18.6 Å². The Labute approximate surface area is 124 Å². The van der Waals surface area contributed by atoms with Gasteiger partial charge in [0.1, 0.15) is 0 Å². The SMILES string of the molecule is Cc1cccc(C(CN)N(C)C2CCCC(C)C2)c1C. The van der Waals surface area contributed by atoms with Gasteiger partial charge in [0.2, 0.25) is 0 Å². The second-order valence-corrected chi connectivity index (χ2v) is 6.63. The van der Waals surface area contributed by atoms with Crippen molar-refractivity contribution in [1.29, 1.82) is 0 Å². The summed E-state index contributed by atoms with van der Waals surface area (Å²) in [6, 6.07) is 7.65. The van der Waals surface area contributed by atoms with E-state index in [-0.39, 0.29) is 0 Å². The smallest absolute Gasteiger partial charge is 0.0473 e. The molecule has 112 valence electrons. The van der Waals surface area contributed by atoms with Crippen LogP contribution in [0.25, 0.3) is 0 Å². The van der Waals surface area contributed by atoms with Crippen molar-refractivity contribution in [3.8, 4) is 0 Å². The molecule has 3 unspecified atom stereocenters. The molecule has 0 aliphatic heterocycles. The van der Waals surface area contributed by atoms with Crippen LogP contribution in [0.4, 0.5) is 0 Å². The van der Waals surface area contributed by atoms with E-state index in [9.17, 15) is 0 Å². The second-order valence-electron chi connectivity index (χ2n) is 6.63. The fraction of sp³-hybridized carbons (Fsp3) is 0.667. The normalized spacial score (nSPS) is 24.9. The summed E-state index contributed by atoms with van der Waals surface area (Å²) in [5, 5.41) is 0. The van der Waals surface area contributed by atoms with Crippen LogP contribution in [0.15, 0.2) is 18.2 Å². The molecule has 2 heteroatoms. The number of aryl methyl sites for hydroxylation is 1. The number of benzene rings is 1. The van der Waals surface area contributed by atoms with Crippen LogP contribution in [-0.2, 0) is 0 Å². The number of likely N-dealkylation sites (N-methyl/N-ethyl adjacent to an activating group) is 1. The van der Waals surface area contributed by atoms with Crippen molar-refractivity contribution in [1.82, 2.24) is 4.90 Å². The molecule has 0 saturated heterocycles. The molecule has 2 N–H and O–H groups in total. The van der Waals surface area contributed by atoms with Crippen molar-refractivity contribution < 1.29 is 0 Å². The Bertz CT molecular complexity index is 441. The number of hydrogen-bond acceptors (Lipinski definition) is 2. The summed E-state index contributed by atoms with van der Waals surface area (Å²) in [6.45, 7) is 7.50. The van der Waals surface area contributed by atoms with E-state index in [1.54, 1.807) is 0 Å². The molecule has 1 fully saturated rings. The van der Waals surface area contributed by atoms with Crippen molar-refractivity contribution in [2.24, 2.45) is 11.7 Å². The zero-order chi connectivity index (χ0) is 14.7. The summed E-state index contributed by atoms with van der Waals surface area (Å²) in [5.74, 6) is 0.855. The van der Waals surface area contributed by atoms with E-state index < -0.39 is 0 Å². The monoisotopic (exact) mass is 274 g/mol. The topological polar surface area (TPSA) is 29.3 Å². The third kappa shape index (κ3) is 3.24. The molecular formula is C18H30N2. The van der Waals surface area contributed by atoms with Gasteiger partial charge < -0.3 is 5.73 Å².